The Labute approximate surface area is 102 Å². The minimum Gasteiger partial charge on any atom is -0.196 e. The van der Waals surface area contributed by atoms with E-state index in [1.807, 2.05) is 38.1 Å². The smallest absolute Gasteiger partial charge is 0.175 e. The van der Waals surface area contributed by atoms with Crippen LogP contribution in [0.1, 0.15) is 39.5 Å². The van der Waals surface area contributed by atoms with E-state index < -0.39 is 10.8 Å². The Hall–Kier alpha value is -2.04. The van der Waals surface area contributed by atoms with E-state index in [4.69, 9.17) is 0 Å². The molecule has 1 saturated carbocycles. The van der Waals surface area contributed by atoms with Crippen molar-refractivity contribution in [1.29, 1.82) is 21.0 Å². The fourth-order valence-electron chi connectivity index (χ4n) is 2.26. The number of hydrogen-bond acceptors (Lipinski definition) is 4. The van der Waals surface area contributed by atoms with Crippen LogP contribution in [0.4, 0.5) is 0 Å². The highest BCUT2D eigenvalue weighted by Crippen LogP contribution is 2.52. The molecule has 4 nitrogen and oxygen atoms in total. The molecule has 0 amide bonds. The highest BCUT2D eigenvalue weighted by atomic mass is 14.6. The normalized spacial score (nSPS) is 24.1. The van der Waals surface area contributed by atoms with Crippen molar-refractivity contribution in [3.05, 3.63) is 0 Å². The summed E-state index contributed by atoms with van der Waals surface area (Å²) < 4.78 is 0. The lowest BCUT2D eigenvalue weighted by Crippen LogP contribution is -2.37. The van der Waals surface area contributed by atoms with Crippen molar-refractivity contribution in [2.45, 2.75) is 39.5 Å². The molecule has 0 radical (unpaired) electrons. The molecule has 1 aliphatic rings. The van der Waals surface area contributed by atoms with E-state index >= 15 is 0 Å². The second-order valence-electron chi connectivity index (χ2n) is 5.42. The lowest BCUT2D eigenvalue weighted by molar-refractivity contribution is 0.279. The van der Waals surface area contributed by atoms with Gasteiger partial charge in [-0.1, -0.05) is 13.8 Å². The Morgan fingerprint density at radius 1 is 0.647 bits per heavy atom. The molecule has 17 heavy (non-hydrogen) atoms. The molecule has 0 aromatic carbocycles. The van der Waals surface area contributed by atoms with Gasteiger partial charge < -0.3 is 0 Å². The van der Waals surface area contributed by atoms with Crippen LogP contribution < -0.4 is 0 Å². The van der Waals surface area contributed by atoms with Crippen LogP contribution >= 0.6 is 0 Å². The maximum atomic E-state index is 9.26. The lowest BCUT2D eigenvalue weighted by Gasteiger charge is -2.28. The van der Waals surface area contributed by atoms with Crippen molar-refractivity contribution < 1.29 is 0 Å². The third-order valence-electron chi connectivity index (χ3n) is 3.85. The van der Waals surface area contributed by atoms with E-state index in [-0.39, 0.29) is 18.3 Å². The van der Waals surface area contributed by atoms with Crippen molar-refractivity contribution in [3.8, 4) is 24.3 Å². The van der Waals surface area contributed by atoms with Crippen LogP contribution in [0.3, 0.4) is 0 Å². The molecule has 0 aromatic rings. The average molecular weight is 226 g/mol. The van der Waals surface area contributed by atoms with Crippen molar-refractivity contribution in [1.82, 2.24) is 0 Å². The van der Waals surface area contributed by atoms with Gasteiger partial charge in [0.15, 0.2) is 10.8 Å². The van der Waals surface area contributed by atoms with Crippen LogP contribution in [0.2, 0.25) is 0 Å². The van der Waals surface area contributed by atoms with Gasteiger partial charge in [-0.15, -0.1) is 0 Å². The first-order valence-corrected chi connectivity index (χ1v) is 5.56. The van der Waals surface area contributed by atoms with Crippen LogP contribution in [-0.2, 0) is 0 Å². The van der Waals surface area contributed by atoms with Crippen LogP contribution in [0, 0.1) is 61.6 Å². The minimum absolute atomic E-state index is 0.0333. The van der Waals surface area contributed by atoms with Gasteiger partial charge in [-0.3, -0.25) is 0 Å². The van der Waals surface area contributed by atoms with Gasteiger partial charge in [0.25, 0.3) is 0 Å². The predicted octanol–water partition coefficient (Wildman–Crippen LogP) is 2.65. The fourth-order valence-corrected chi connectivity index (χ4v) is 2.26. The molecule has 4 heteroatoms. The molecule has 0 saturated heterocycles. The fraction of sp³-hybridized carbons (Fsp3) is 0.692. The highest BCUT2D eigenvalue weighted by Gasteiger charge is 2.56. The number of hydrogen-bond donors (Lipinski definition) is 0. The zero-order valence-electron chi connectivity index (χ0n) is 10.1. The summed E-state index contributed by atoms with van der Waals surface area (Å²) in [5, 5.41) is 37.0. The maximum absolute atomic E-state index is 9.26. The molecule has 0 atom stereocenters. The number of nitrogens with zero attached hydrogens (tertiary/aromatic N) is 4. The second kappa shape index (κ2) is 4.08. The first-order valence-electron chi connectivity index (χ1n) is 5.56. The van der Waals surface area contributed by atoms with Crippen molar-refractivity contribution in [3.63, 3.8) is 0 Å². The van der Waals surface area contributed by atoms with Crippen molar-refractivity contribution >= 4 is 0 Å². The van der Waals surface area contributed by atoms with Crippen LogP contribution in [0.5, 0.6) is 0 Å². The van der Waals surface area contributed by atoms with Crippen LogP contribution in [0.15, 0.2) is 0 Å². The van der Waals surface area contributed by atoms with E-state index in [1.54, 1.807) is 0 Å². The molecule has 0 unspecified atom stereocenters. The summed E-state index contributed by atoms with van der Waals surface area (Å²) in [5.41, 5.74) is -3.02. The first-order chi connectivity index (χ1) is 7.91. The minimum atomic E-state index is -1.50. The van der Waals surface area contributed by atoms with E-state index in [1.165, 1.54) is 0 Å². The molecule has 0 aliphatic heterocycles. The molecule has 0 bridgehead atoms. The third-order valence-corrected chi connectivity index (χ3v) is 3.85. The van der Waals surface area contributed by atoms with Gasteiger partial charge in [-0.2, -0.15) is 21.0 Å². The predicted molar refractivity (Wildman–Crippen MR) is 59.6 cm³/mol. The van der Waals surface area contributed by atoms with Gasteiger partial charge >= 0.3 is 0 Å². The lowest BCUT2D eigenvalue weighted by atomic mass is 9.63. The summed E-state index contributed by atoms with van der Waals surface area (Å²) in [7, 11) is 0. The Morgan fingerprint density at radius 2 is 0.941 bits per heavy atom. The SMILES string of the molecule is CC1(C)CCC(C#N)(C#N)C(C#N)(C#N)CC1. The Kier molecular flexibility index (Phi) is 3.13. The van der Waals surface area contributed by atoms with Crippen molar-refractivity contribution in [2.24, 2.45) is 16.2 Å². The molecule has 0 spiro atoms. The van der Waals surface area contributed by atoms with Gasteiger partial charge in [0.05, 0.1) is 24.3 Å². The Morgan fingerprint density at radius 3 is 1.18 bits per heavy atom. The van der Waals surface area contributed by atoms with Crippen LogP contribution in [0.25, 0.3) is 0 Å². The van der Waals surface area contributed by atoms with Gasteiger partial charge in [-0.05, 0) is 31.1 Å². The highest BCUT2D eigenvalue weighted by molar-refractivity contribution is 5.35. The average Bonchev–Trinajstić information content (AvgIpc) is 2.45. The zero-order valence-corrected chi connectivity index (χ0v) is 10.1. The van der Waals surface area contributed by atoms with Gasteiger partial charge in [0.2, 0.25) is 0 Å². The summed E-state index contributed by atoms with van der Waals surface area (Å²) in [6, 6.07) is 7.73. The van der Waals surface area contributed by atoms with E-state index in [0.717, 1.165) is 0 Å². The Bertz CT molecular complexity index is 404. The van der Waals surface area contributed by atoms with Crippen LogP contribution in [-0.4, -0.2) is 0 Å². The summed E-state index contributed by atoms with van der Waals surface area (Å²) >= 11 is 0. The van der Waals surface area contributed by atoms with Gasteiger partial charge in [0, 0.05) is 0 Å². The largest absolute Gasteiger partial charge is 0.196 e. The summed E-state index contributed by atoms with van der Waals surface area (Å²) in [5.74, 6) is 0. The van der Waals surface area contributed by atoms with Gasteiger partial charge in [-0.25, -0.2) is 0 Å². The molecular formula is C13H14N4. The molecular weight excluding hydrogens is 212 g/mol. The van der Waals surface area contributed by atoms with E-state index in [9.17, 15) is 21.0 Å². The molecule has 0 heterocycles. The van der Waals surface area contributed by atoms with Gasteiger partial charge in [0.1, 0.15) is 0 Å². The van der Waals surface area contributed by atoms with Crippen molar-refractivity contribution in [2.75, 3.05) is 0 Å². The monoisotopic (exact) mass is 226 g/mol. The zero-order chi connectivity index (χ0) is 13.2. The molecule has 0 N–H and O–H groups in total. The first kappa shape index (κ1) is 13.0. The van der Waals surface area contributed by atoms with E-state index in [2.05, 4.69) is 0 Å². The summed E-state index contributed by atoms with van der Waals surface area (Å²) in [6.45, 7) is 4.08. The third kappa shape index (κ3) is 1.84. The standard InChI is InChI=1S/C13H14N4/c1-11(2)3-5-12(7-14,8-15)13(9-16,10-17)6-4-11/h3-6H2,1-2H3. The molecule has 1 fully saturated rings. The quantitative estimate of drug-likeness (QED) is 0.593. The number of nitriles is 4. The molecule has 86 valence electrons. The molecule has 1 aliphatic carbocycles. The molecule has 0 aromatic heterocycles. The topological polar surface area (TPSA) is 95.2 Å². The number of rotatable bonds is 0. The molecule has 1 rings (SSSR count). The summed E-state index contributed by atoms with van der Waals surface area (Å²) in [6.07, 6.45) is 1.93. The maximum Gasteiger partial charge on any atom is 0.175 e. The summed E-state index contributed by atoms with van der Waals surface area (Å²) in [4.78, 5) is 0. The van der Waals surface area contributed by atoms with E-state index in [0.29, 0.717) is 12.8 Å². The Balaban J connectivity index is 3.37. The second-order valence-corrected chi connectivity index (χ2v) is 5.42.